The molecule has 1 aliphatic carbocycles. The first-order valence-electron chi connectivity index (χ1n) is 7.21. The van der Waals surface area contributed by atoms with Crippen molar-refractivity contribution in [2.45, 2.75) is 50.6 Å². The van der Waals surface area contributed by atoms with Crippen LogP contribution in [0.2, 0.25) is 0 Å². The third-order valence-electron chi connectivity index (χ3n) is 3.81. The molecule has 0 amide bonds. The molecule has 1 N–H and O–H groups in total. The smallest absolute Gasteiger partial charge is 0.104 e. The summed E-state index contributed by atoms with van der Waals surface area (Å²) in [5.74, 6) is 0. The highest BCUT2D eigenvalue weighted by Gasteiger charge is 2.32. The van der Waals surface area contributed by atoms with Crippen LogP contribution in [0.1, 0.15) is 39.0 Å². The third kappa shape index (κ3) is 4.56. The molecule has 1 saturated carbocycles. The Hall–Kier alpha value is -0.630. The zero-order valence-corrected chi connectivity index (χ0v) is 11.5. The highest BCUT2D eigenvalue weighted by atomic mass is 16.5. The van der Waals surface area contributed by atoms with Gasteiger partial charge in [-0.3, -0.25) is 5.32 Å². The van der Waals surface area contributed by atoms with Gasteiger partial charge >= 0.3 is 0 Å². The Balaban J connectivity index is 1.67. The molecule has 1 saturated heterocycles. The monoisotopic (exact) mass is 251 g/mol. The fourth-order valence-corrected chi connectivity index (χ4v) is 2.52. The first-order valence-corrected chi connectivity index (χ1v) is 7.21. The first kappa shape index (κ1) is 13.8. The van der Waals surface area contributed by atoms with Gasteiger partial charge < -0.3 is 9.64 Å². The lowest BCUT2D eigenvalue weighted by Gasteiger charge is -2.25. The molecule has 4 heteroatoms. The van der Waals surface area contributed by atoms with Crippen LogP contribution in [0.15, 0.2) is 0 Å². The van der Waals surface area contributed by atoms with E-state index in [1.807, 2.05) is 6.92 Å². The number of nitrogens with zero attached hydrogens (tertiary/aromatic N) is 2. The maximum absolute atomic E-state index is 9.30. The third-order valence-corrected chi connectivity index (χ3v) is 3.81. The van der Waals surface area contributed by atoms with Crippen LogP contribution in [0.4, 0.5) is 0 Å². The Morgan fingerprint density at radius 2 is 2.22 bits per heavy atom. The predicted octanol–water partition coefficient (Wildman–Crippen LogP) is 1.52. The zero-order chi connectivity index (χ0) is 12.8. The van der Waals surface area contributed by atoms with Crippen LogP contribution in [-0.2, 0) is 4.74 Å². The largest absolute Gasteiger partial charge is 0.380 e. The van der Waals surface area contributed by atoms with E-state index in [9.17, 15) is 5.26 Å². The van der Waals surface area contributed by atoms with Gasteiger partial charge in [-0.1, -0.05) is 0 Å². The second-order valence-electron chi connectivity index (χ2n) is 5.77. The molecular formula is C14H25N3O. The van der Waals surface area contributed by atoms with Crippen molar-refractivity contribution in [2.24, 2.45) is 0 Å². The number of nitriles is 1. The second-order valence-corrected chi connectivity index (χ2v) is 5.77. The van der Waals surface area contributed by atoms with E-state index in [0.29, 0.717) is 6.04 Å². The fourth-order valence-electron chi connectivity index (χ4n) is 2.52. The fraction of sp³-hybridized carbons (Fsp3) is 0.929. The van der Waals surface area contributed by atoms with Gasteiger partial charge in [0.05, 0.1) is 12.7 Å². The average Bonchev–Trinajstić information content (AvgIpc) is 3.17. The lowest BCUT2D eigenvalue weighted by atomic mass is 9.97. The molecule has 0 aromatic heterocycles. The normalized spacial score (nSPS) is 25.1. The SMILES string of the molecule is CC(C#N)(CCCN1CCCOCC1)NC1CC1. The summed E-state index contributed by atoms with van der Waals surface area (Å²) < 4.78 is 5.45. The van der Waals surface area contributed by atoms with Crippen molar-refractivity contribution >= 4 is 0 Å². The Labute approximate surface area is 110 Å². The highest BCUT2D eigenvalue weighted by molar-refractivity contribution is 5.07. The Morgan fingerprint density at radius 3 is 2.94 bits per heavy atom. The lowest BCUT2D eigenvalue weighted by Crippen LogP contribution is -2.43. The number of rotatable bonds is 6. The summed E-state index contributed by atoms with van der Waals surface area (Å²) in [6.07, 6.45) is 5.64. The van der Waals surface area contributed by atoms with Gasteiger partial charge in [-0.2, -0.15) is 5.26 Å². The van der Waals surface area contributed by atoms with E-state index < -0.39 is 0 Å². The molecule has 1 heterocycles. The van der Waals surface area contributed by atoms with Gasteiger partial charge in [0.25, 0.3) is 0 Å². The van der Waals surface area contributed by atoms with Crippen LogP contribution in [0.5, 0.6) is 0 Å². The number of hydrogen-bond acceptors (Lipinski definition) is 4. The molecule has 102 valence electrons. The minimum atomic E-state index is -0.330. The molecular weight excluding hydrogens is 226 g/mol. The van der Waals surface area contributed by atoms with Gasteiger partial charge in [-0.15, -0.1) is 0 Å². The summed E-state index contributed by atoms with van der Waals surface area (Å²) in [4.78, 5) is 2.46. The minimum absolute atomic E-state index is 0.330. The number of hydrogen-bond donors (Lipinski definition) is 1. The average molecular weight is 251 g/mol. The molecule has 4 nitrogen and oxygen atoms in total. The molecule has 2 rings (SSSR count). The lowest BCUT2D eigenvalue weighted by molar-refractivity contribution is 0.141. The molecule has 0 radical (unpaired) electrons. The van der Waals surface area contributed by atoms with Crippen LogP contribution < -0.4 is 5.32 Å². The quantitative estimate of drug-likeness (QED) is 0.777. The molecule has 0 aromatic carbocycles. The zero-order valence-electron chi connectivity index (χ0n) is 11.5. The van der Waals surface area contributed by atoms with Crippen LogP contribution in [0, 0.1) is 11.3 Å². The highest BCUT2D eigenvalue weighted by Crippen LogP contribution is 2.24. The molecule has 1 aliphatic heterocycles. The molecule has 2 fully saturated rings. The summed E-state index contributed by atoms with van der Waals surface area (Å²) >= 11 is 0. The van der Waals surface area contributed by atoms with Gasteiger partial charge in [0.1, 0.15) is 5.54 Å². The minimum Gasteiger partial charge on any atom is -0.380 e. The molecule has 0 bridgehead atoms. The summed E-state index contributed by atoms with van der Waals surface area (Å²) in [6, 6.07) is 3.04. The van der Waals surface area contributed by atoms with Gasteiger partial charge in [0.2, 0.25) is 0 Å². The maximum Gasteiger partial charge on any atom is 0.104 e. The van der Waals surface area contributed by atoms with Crippen LogP contribution in [0.3, 0.4) is 0 Å². The maximum atomic E-state index is 9.30. The molecule has 1 atom stereocenters. The molecule has 1 unspecified atom stereocenters. The van der Waals surface area contributed by atoms with Crippen molar-refractivity contribution in [3.05, 3.63) is 0 Å². The number of ether oxygens (including phenoxy) is 1. The number of nitrogens with one attached hydrogen (secondary N) is 1. The second kappa shape index (κ2) is 6.51. The summed E-state index contributed by atoms with van der Waals surface area (Å²) in [7, 11) is 0. The van der Waals surface area contributed by atoms with E-state index in [2.05, 4.69) is 16.3 Å². The van der Waals surface area contributed by atoms with Crippen LogP contribution >= 0.6 is 0 Å². The van der Waals surface area contributed by atoms with Gasteiger partial charge in [0, 0.05) is 25.7 Å². The Bertz CT molecular complexity index is 290. The van der Waals surface area contributed by atoms with Crippen molar-refractivity contribution < 1.29 is 4.74 Å². The van der Waals surface area contributed by atoms with Gasteiger partial charge in [-0.25, -0.2) is 0 Å². The standard InChI is InChI=1S/C14H25N3O/c1-14(12-15,16-13-4-5-13)6-2-7-17-8-3-10-18-11-9-17/h13,16H,2-11H2,1H3. The van der Waals surface area contributed by atoms with Crippen LogP contribution in [-0.4, -0.2) is 49.3 Å². The van der Waals surface area contributed by atoms with Gasteiger partial charge in [-0.05, 0) is 45.6 Å². The Kier molecular flexibility index (Phi) is 4.99. The van der Waals surface area contributed by atoms with Crippen molar-refractivity contribution in [1.82, 2.24) is 10.2 Å². The van der Waals surface area contributed by atoms with E-state index in [1.54, 1.807) is 0 Å². The van der Waals surface area contributed by atoms with Crippen LogP contribution in [0.25, 0.3) is 0 Å². The first-order chi connectivity index (χ1) is 8.72. The Morgan fingerprint density at radius 1 is 1.39 bits per heavy atom. The molecule has 18 heavy (non-hydrogen) atoms. The molecule has 0 spiro atoms. The summed E-state index contributed by atoms with van der Waals surface area (Å²) in [6.45, 7) is 7.06. The van der Waals surface area contributed by atoms with E-state index >= 15 is 0 Å². The van der Waals surface area contributed by atoms with Crippen molar-refractivity contribution in [3.8, 4) is 6.07 Å². The predicted molar refractivity (Wildman–Crippen MR) is 71.3 cm³/mol. The van der Waals surface area contributed by atoms with Crippen molar-refractivity contribution in [3.63, 3.8) is 0 Å². The van der Waals surface area contributed by atoms with E-state index in [1.165, 1.54) is 12.8 Å². The van der Waals surface area contributed by atoms with E-state index in [-0.39, 0.29) is 5.54 Å². The van der Waals surface area contributed by atoms with E-state index in [0.717, 1.165) is 52.1 Å². The van der Waals surface area contributed by atoms with Crippen molar-refractivity contribution in [1.29, 1.82) is 5.26 Å². The van der Waals surface area contributed by atoms with Crippen molar-refractivity contribution in [2.75, 3.05) is 32.8 Å². The topological polar surface area (TPSA) is 48.3 Å². The molecule has 0 aromatic rings. The summed E-state index contributed by atoms with van der Waals surface area (Å²) in [5, 5.41) is 12.8. The van der Waals surface area contributed by atoms with E-state index in [4.69, 9.17) is 4.74 Å². The van der Waals surface area contributed by atoms with Gasteiger partial charge in [0.15, 0.2) is 0 Å². The molecule has 2 aliphatic rings. The summed E-state index contributed by atoms with van der Waals surface area (Å²) in [5.41, 5.74) is -0.330.